The maximum Gasteiger partial charge on any atom is 0.348 e. The second-order valence-corrected chi connectivity index (χ2v) is 10.2. The van der Waals surface area contributed by atoms with E-state index in [9.17, 15) is 19.2 Å². The minimum atomic E-state index is -0.648. The number of nitrogens with one attached hydrogen (secondary N) is 1. The largest absolute Gasteiger partial charge is 0.462 e. The maximum atomic E-state index is 13.1. The lowest BCUT2D eigenvalue weighted by Crippen LogP contribution is -2.32. The van der Waals surface area contributed by atoms with Crippen LogP contribution in [0.4, 0.5) is 5.00 Å². The third kappa shape index (κ3) is 7.55. The van der Waals surface area contributed by atoms with Crippen molar-refractivity contribution in [3.63, 3.8) is 0 Å². The number of carbonyl (C=O) groups is 4. The van der Waals surface area contributed by atoms with Gasteiger partial charge in [-0.1, -0.05) is 11.8 Å². The zero-order valence-electron chi connectivity index (χ0n) is 22.4. The third-order valence-electron chi connectivity index (χ3n) is 5.34. The number of thiophene rings is 1. The van der Waals surface area contributed by atoms with Crippen molar-refractivity contribution in [1.29, 1.82) is 0 Å². The lowest BCUT2D eigenvalue weighted by Gasteiger charge is -2.17. The van der Waals surface area contributed by atoms with Crippen molar-refractivity contribution < 1.29 is 33.4 Å². The number of hydrogen-bond acceptors (Lipinski definition) is 11. The molecular formula is C25H31N5O7S2. The molecule has 2 amide bonds. The molecule has 0 saturated carbocycles. The Bertz CT molecular complexity index is 1300. The van der Waals surface area contributed by atoms with Gasteiger partial charge in [0.2, 0.25) is 5.91 Å². The Morgan fingerprint density at radius 2 is 1.90 bits per heavy atom. The average molecular weight is 578 g/mol. The second kappa shape index (κ2) is 14.1. The highest BCUT2D eigenvalue weighted by Crippen LogP contribution is 2.34. The molecule has 0 aromatic carbocycles. The number of rotatable bonds is 12. The topological polar surface area (TPSA) is 141 Å². The molecule has 3 heterocycles. The van der Waals surface area contributed by atoms with Crippen molar-refractivity contribution in [3.05, 3.63) is 39.7 Å². The predicted molar refractivity (Wildman–Crippen MR) is 149 cm³/mol. The second-order valence-electron chi connectivity index (χ2n) is 8.21. The molecule has 0 radical (unpaired) electrons. The van der Waals surface area contributed by atoms with Crippen LogP contribution in [0.5, 0.6) is 0 Å². The summed E-state index contributed by atoms with van der Waals surface area (Å²) in [6.45, 7) is 6.08. The van der Waals surface area contributed by atoms with E-state index in [2.05, 4.69) is 15.4 Å². The minimum Gasteiger partial charge on any atom is -0.462 e. The summed E-state index contributed by atoms with van der Waals surface area (Å²) in [5, 5.41) is 7.38. The fraction of sp³-hybridized carbons (Fsp3) is 0.440. The molecular weight excluding hydrogens is 546 g/mol. The summed E-state index contributed by atoms with van der Waals surface area (Å²) in [7, 11) is 3.36. The van der Waals surface area contributed by atoms with E-state index in [0.717, 1.165) is 28.7 Å². The van der Waals surface area contributed by atoms with E-state index in [4.69, 9.17) is 14.2 Å². The summed E-state index contributed by atoms with van der Waals surface area (Å²) in [6, 6.07) is 0. The Balaban J connectivity index is 1.79. The number of aliphatic imine (C=N–C) groups is 1. The summed E-state index contributed by atoms with van der Waals surface area (Å²) in [4.78, 5) is 57.2. The maximum absolute atomic E-state index is 13.1. The molecule has 0 aliphatic carbocycles. The van der Waals surface area contributed by atoms with Gasteiger partial charge in [0.05, 0.1) is 30.7 Å². The smallest absolute Gasteiger partial charge is 0.348 e. The molecule has 0 bridgehead atoms. The van der Waals surface area contributed by atoms with E-state index >= 15 is 0 Å². The molecule has 3 rings (SSSR count). The molecule has 0 unspecified atom stereocenters. The van der Waals surface area contributed by atoms with Crippen molar-refractivity contribution >= 4 is 63.1 Å². The monoisotopic (exact) mass is 577 g/mol. The first-order valence-electron chi connectivity index (χ1n) is 12.2. The van der Waals surface area contributed by atoms with Crippen molar-refractivity contribution in [1.82, 2.24) is 14.7 Å². The van der Waals surface area contributed by atoms with Crippen molar-refractivity contribution in [2.24, 2.45) is 12.0 Å². The normalized spacial score (nSPS) is 14.1. The number of nitrogens with zero attached hydrogens (tertiary/aromatic N) is 4. The summed E-state index contributed by atoms with van der Waals surface area (Å²) in [5.74, 6) is -2.06. The zero-order chi connectivity index (χ0) is 28.5. The molecule has 2 aromatic rings. The molecule has 14 heteroatoms. The van der Waals surface area contributed by atoms with Gasteiger partial charge in [0, 0.05) is 39.1 Å². The van der Waals surface area contributed by atoms with Crippen molar-refractivity contribution in [3.8, 4) is 0 Å². The van der Waals surface area contributed by atoms with Gasteiger partial charge in [0.1, 0.15) is 15.6 Å². The fourth-order valence-corrected chi connectivity index (χ4v) is 5.54. The lowest BCUT2D eigenvalue weighted by atomic mass is 10.1. The molecule has 0 saturated heterocycles. The summed E-state index contributed by atoms with van der Waals surface area (Å²) >= 11 is 2.04. The predicted octanol–water partition coefficient (Wildman–Crippen LogP) is 3.09. The Morgan fingerprint density at radius 1 is 1.18 bits per heavy atom. The lowest BCUT2D eigenvalue weighted by molar-refractivity contribution is -0.122. The summed E-state index contributed by atoms with van der Waals surface area (Å²) in [5.41, 5.74) is 1.45. The molecule has 0 fully saturated rings. The van der Waals surface area contributed by atoms with Crippen molar-refractivity contribution in [2.45, 2.75) is 27.2 Å². The van der Waals surface area contributed by atoms with Gasteiger partial charge in [-0.05, 0) is 38.8 Å². The molecule has 12 nitrogen and oxygen atoms in total. The van der Waals surface area contributed by atoms with Gasteiger partial charge >= 0.3 is 11.9 Å². The number of ether oxygens (including phenoxy) is 3. The fourth-order valence-electron chi connectivity index (χ4n) is 3.61. The molecule has 2 aromatic heterocycles. The van der Waals surface area contributed by atoms with Crippen LogP contribution in [-0.4, -0.2) is 82.8 Å². The van der Waals surface area contributed by atoms with Gasteiger partial charge in [-0.2, -0.15) is 5.10 Å². The van der Waals surface area contributed by atoms with Gasteiger partial charge in [-0.15, -0.1) is 11.3 Å². The van der Waals surface area contributed by atoms with E-state index in [1.165, 1.54) is 4.90 Å². The van der Waals surface area contributed by atoms with Crippen LogP contribution in [0.2, 0.25) is 0 Å². The molecule has 1 N–H and O–H groups in total. The van der Waals surface area contributed by atoms with Crippen molar-refractivity contribution in [2.75, 3.05) is 44.5 Å². The molecule has 1 aliphatic rings. The van der Waals surface area contributed by atoms with Crippen LogP contribution in [0.15, 0.2) is 23.1 Å². The van der Waals surface area contributed by atoms with Gasteiger partial charge in [0.25, 0.3) is 5.91 Å². The number of methoxy groups -OCH3 is 1. The van der Waals surface area contributed by atoms with Crippen LogP contribution in [0.25, 0.3) is 6.08 Å². The SMILES string of the molecule is CCOC(=O)c1sc(NC(=O)CSC2=NC(=Cc3cnn(C)c3)C(=O)N2CCCOC)c(C(=O)OCC)c1C. The summed E-state index contributed by atoms with van der Waals surface area (Å²) < 4.78 is 16.9. The van der Waals surface area contributed by atoms with E-state index in [1.807, 2.05) is 0 Å². The van der Waals surface area contributed by atoms with E-state index < -0.39 is 17.8 Å². The van der Waals surface area contributed by atoms with Gasteiger partial charge in [0.15, 0.2) is 5.17 Å². The Hall–Kier alpha value is -3.49. The number of hydrogen-bond donors (Lipinski definition) is 1. The van der Waals surface area contributed by atoms with E-state index in [0.29, 0.717) is 30.3 Å². The number of anilines is 1. The number of amidine groups is 1. The quantitative estimate of drug-likeness (QED) is 0.229. The first-order valence-corrected chi connectivity index (χ1v) is 14.0. The number of aromatic nitrogens is 2. The Labute approximate surface area is 234 Å². The first-order chi connectivity index (χ1) is 18.7. The highest BCUT2D eigenvalue weighted by atomic mass is 32.2. The number of esters is 2. The van der Waals surface area contributed by atoms with Gasteiger partial charge in [-0.25, -0.2) is 14.6 Å². The van der Waals surface area contributed by atoms with Crippen LogP contribution >= 0.6 is 23.1 Å². The standard InChI is InChI=1S/C25H31N5O7S2/c1-6-36-23(33)19-15(3)20(24(34)37-7-2)39-21(19)28-18(31)14-38-25-27-17(11-16-12-26-29(4)13-16)22(32)30(25)9-8-10-35-5/h11-13H,6-10,14H2,1-5H3,(H,28,31). The Kier molecular flexibility index (Phi) is 10.8. The molecule has 1 aliphatic heterocycles. The number of aryl methyl sites for hydroxylation is 1. The minimum absolute atomic E-state index is 0.0962. The number of amides is 2. The number of carbonyl (C=O) groups excluding carboxylic acids is 4. The zero-order valence-corrected chi connectivity index (χ0v) is 24.1. The molecule has 210 valence electrons. The molecule has 39 heavy (non-hydrogen) atoms. The molecule has 0 spiro atoms. The Morgan fingerprint density at radius 3 is 2.54 bits per heavy atom. The highest BCUT2D eigenvalue weighted by molar-refractivity contribution is 8.14. The highest BCUT2D eigenvalue weighted by Gasteiger charge is 2.31. The average Bonchev–Trinajstić information content (AvgIpc) is 3.54. The van der Waals surface area contributed by atoms with Crippen LogP contribution in [0, 0.1) is 6.92 Å². The van der Waals surface area contributed by atoms with Crippen LogP contribution in [0.1, 0.15) is 51.4 Å². The summed E-state index contributed by atoms with van der Waals surface area (Å²) in [6.07, 6.45) is 5.61. The van der Waals surface area contributed by atoms with Gasteiger partial charge < -0.3 is 19.5 Å². The van der Waals surface area contributed by atoms with E-state index in [-0.39, 0.29) is 46.0 Å². The van der Waals surface area contributed by atoms with E-state index in [1.54, 1.807) is 58.1 Å². The van der Waals surface area contributed by atoms with Crippen LogP contribution < -0.4 is 5.32 Å². The first kappa shape index (κ1) is 30.1. The van der Waals surface area contributed by atoms with Gasteiger partial charge in [-0.3, -0.25) is 19.2 Å². The van der Waals surface area contributed by atoms with Crippen LogP contribution in [-0.2, 0) is 30.8 Å². The third-order valence-corrected chi connectivity index (χ3v) is 7.51. The number of thioether (sulfide) groups is 1. The van der Waals surface area contributed by atoms with Crippen LogP contribution in [0.3, 0.4) is 0 Å². The molecule has 0 atom stereocenters.